The Labute approximate surface area is 191 Å². The van der Waals surface area contributed by atoms with Crippen LogP contribution in [0.15, 0.2) is 0 Å². The highest BCUT2D eigenvalue weighted by molar-refractivity contribution is 9.12. The lowest BCUT2D eigenvalue weighted by Gasteiger charge is -2.16. The van der Waals surface area contributed by atoms with Gasteiger partial charge in [0, 0.05) is 22.7 Å². The number of hydrogen-bond donors (Lipinski definition) is 2. The maximum Gasteiger partial charge on any atom is 0.303 e. The molecule has 0 fully saturated rings. The van der Waals surface area contributed by atoms with E-state index < -0.39 is 5.97 Å². The Morgan fingerprint density at radius 2 is 1.14 bits per heavy atom. The number of carboxylic acids is 1. The van der Waals surface area contributed by atoms with Crippen LogP contribution in [0.25, 0.3) is 0 Å². The van der Waals surface area contributed by atoms with Crippen molar-refractivity contribution in [2.45, 2.75) is 127 Å². The molecule has 2 unspecified atom stereocenters. The van der Waals surface area contributed by atoms with Crippen LogP contribution >= 0.6 is 31.9 Å². The zero-order valence-electron chi connectivity index (χ0n) is 18.8. The fourth-order valence-corrected chi connectivity index (χ4v) is 3.80. The molecule has 0 saturated carbocycles. The zero-order valence-corrected chi connectivity index (χ0v) is 22.0. The topological polar surface area (TPSA) is 57.5 Å². The summed E-state index contributed by atoms with van der Waals surface area (Å²) in [6, 6.07) is 0. The average molecular weight is 530 g/mol. The van der Waals surface area contributed by atoms with Gasteiger partial charge in [-0.15, -0.1) is 0 Å². The highest BCUT2D eigenvalue weighted by Crippen LogP contribution is 2.25. The third kappa shape index (κ3) is 26.4. The van der Waals surface area contributed by atoms with Gasteiger partial charge in [0.25, 0.3) is 0 Å². The molecule has 3 nitrogen and oxygen atoms in total. The summed E-state index contributed by atoms with van der Waals surface area (Å²) in [7, 11) is 0. The second kappa shape index (κ2) is 20.7. The lowest BCUT2D eigenvalue weighted by atomic mass is 9.99. The molecule has 0 aliphatic rings. The normalized spacial score (nSPS) is 13.5. The summed E-state index contributed by atoms with van der Waals surface area (Å²) in [6.07, 6.45) is 16.5. The van der Waals surface area contributed by atoms with Crippen LogP contribution in [0.4, 0.5) is 0 Å². The standard InChI is InChI=1S/C18H34Br2O2.C5H12O/c1-2-3-4-5-7-10-13-16(19)17(20)14-11-8-6-9-12-15-18(21)22;1-5(2,3)4-6/h16-17H,2-15H2,1H3,(H,21,22);6H,4H2,1-3H3. The molecule has 0 aliphatic heterocycles. The monoisotopic (exact) mass is 528 g/mol. The summed E-state index contributed by atoms with van der Waals surface area (Å²) >= 11 is 7.64. The average Bonchev–Trinajstić information content (AvgIpc) is 2.63. The van der Waals surface area contributed by atoms with Crippen LogP contribution in [0, 0.1) is 5.41 Å². The largest absolute Gasteiger partial charge is 0.481 e. The minimum atomic E-state index is -0.669. The SMILES string of the molecule is CC(C)(C)CO.CCCCCCCCC(Br)C(Br)CCCCCCCC(=O)O. The third-order valence-electron chi connectivity index (χ3n) is 4.57. The maximum absolute atomic E-state index is 10.4. The van der Waals surface area contributed by atoms with Crippen LogP contribution in [0.3, 0.4) is 0 Å². The number of carbonyl (C=O) groups is 1. The van der Waals surface area contributed by atoms with E-state index in [0.717, 1.165) is 19.3 Å². The highest BCUT2D eigenvalue weighted by atomic mass is 79.9. The van der Waals surface area contributed by atoms with E-state index in [4.69, 9.17) is 10.2 Å². The van der Waals surface area contributed by atoms with Crippen molar-refractivity contribution >= 4 is 37.8 Å². The number of hydrogen-bond acceptors (Lipinski definition) is 2. The molecule has 5 heteroatoms. The van der Waals surface area contributed by atoms with E-state index in [1.807, 2.05) is 20.8 Å². The fourth-order valence-electron chi connectivity index (χ4n) is 2.63. The Balaban J connectivity index is 0. The fraction of sp³-hybridized carbons (Fsp3) is 0.957. The van der Waals surface area contributed by atoms with Crippen molar-refractivity contribution in [1.82, 2.24) is 0 Å². The first-order valence-corrected chi connectivity index (χ1v) is 13.1. The van der Waals surface area contributed by atoms with Gasteiger partial charge in [0.15, 0.2) is 0 Å². The van der Waals surface area contributed by atoms with Crippen LogP contribution < -0.4 is 0 Å². The zero-order chi connectivity index (χ0) is 21.8. The first-order valence-electron chi connectivity index (χ1n) is 11.2. The summed E-state index contributed by atoms with van der Waals surface area (Å²) in [5, 5.41) is 17.0. The number of carboxylic acid groups (broad SMARTS) is 1. The van der Waals surface area contributed by atoms with E-state index in [2.05, 4.69) is 38.8 Å². The Bertz CT molecular complexity index is 343. The summed E-state index contributed by atoms with van der Waals surface area (Å²) in [6.45, 7) is 8.51. The van der Waals surface area contributed by atoms with Crippen molar-refractivity contribution in [3.8, 4) is 0 Å². The van der Waals surface area contributed by atoms with Crippen LogP contribution in [-0.4, -0.2) is 32.4 Å². The molecule has 0 rings (SSSR count). The lowest BCUT2D eigenvalue weighted by molar-refractivity contribution is -0.137. The van der Waals surface area contributed by atoms with Gasteiger partial charge in [0.2, 0.25) is 0 Å². The van der Waals surface area contributed by atoms with E-state index in [-0.39, 0.29) is 12.0 Å². The Hall–Kier alpha value is 0.390. The number of alkyl halides is 2. The van der Waals surface area contributed by atoms with Crippen LogP contribution in [0.1, 0.15) is 118 Å². The third-order valence-corrected chi connectivity index (χ3v) is 7.47. The summed E-state index contributed by atoms with van der Waals surface area (Å²) in [5.74, 6) is -0.669. The number of aliphatic carboxylic acids is 1. The molecular weight excluding hydrogens is 484 g/mol. The first kappa shape index (κ1) is 30.6. The van der Waals surface area contributed by atoms with Crippen molar-refractivity contribution < 1.29 is 15.0 Å². The molecule has 0 aromatic rings. The number of unbranched alkanes of at least 4 members (excludes halogenated alkanes) is 9. The van der Waals surface area contributed by atoms with E-state index in [1.54, 1.807) is 0 Å². The maximum atomic E-state index is 10.4. The smallest absolute Gasteiger partial charge is 0.303 e. The molecule has 0 aromatic heterocycles. The van der Waals surface area contributed by atoms with Gasteiger partial charge in [-0.3, -0.25) is 4.79 Å². The van der Waals surface area contributed by atoms with Gasteiger partial charge in [-0.1, -0.05) is 124 Å². The van der Waals surface area contributed by atoms with Crippen LogP contribution in [0.2, 0.25) is 0 Å². The summed E-state index contributed by atoms with van der Waals surface area (Å²) in [5.41, 5.74) is 0.0972. The van der Waals surface area contributed by atoms with Gasteiger partial charge in [-0.2, -0.15) is 0 Å². The van der Waals surface area contributed by atoms with E-state index in [0.29, 0.717) is 16.1 Å². The number of halogens is 2. The highest BCUT2D eigenvalue weighted by Gasteiger charge is 2.14. The van der Waals surface area contributed by atoms with Gasteiger partial charge in [0.1, 0.15) is 0 Å². The molecular formula is C23H46Br2O3. The molecule has 0 aliphatic carbocycles. The number of rotatable bonds is 16. The Morgan fingerprint density at radius 3 is 1.50 bits per heavy atom. The van der Waals surface area contributed by atoms with E-state index in [9.17, 15) is 4.79 Å². The molecule has 0 radical (unpaired) electrons. The van der Waals surface area contributed by atoms with Gasteiger partial charge in [-0.05, 0) is 24.7 Å². The number of aliphatic hydroxyl groups is 1. The minimum Gasteiger partial charge on any atom is -0.481 e. The van der Waals surface area contributed by atoms with E-state index in [1.165, 1.54) is 64.2 Å². The summed E-state index contributed by atoms with van der Waals surface area (Å²) < 4.78 is 0. The lowest BCUT2D eigenvalue weighted by Crippen LogP contribution is -2.13. The predicted molar refractivity (Wildman–Crippen MR) is 130 cm³/mol. The molecule has 0 saturated heterocycles. The second-order valence-corrected chi connectivity index (χ2v) is 11.4. The second-order valence-electron chi connectivity index (χ2n) is 9.01. The van der Waals surface area contributed by atoms with E-state index >= 15 is 0 Å². The van der Waals surface area contributed by atoms with Gasteiger partial charge < -0.3 is 10.2 Å². The van der Waals surface area contributed by atoms with Crippen molar-refractivity contribution in [2.24, 2.45) is 5.41 Å². The van der Waals surface area contributed by atoms with Gasteiger partial charge in [-0.25, -0.2) is 0 Å². The molecule has 0 spiro atoms. The van der Waals surface area contributed by atoms with Crippen molar-refractivity contribution in [1.29, 1.82) is 0 Å². The Kier molecular flexibility index (Phi) is 22.6. The summed E-state index contributed by atoms with van der Waals surface area (Å²) in [4.78, 5) is 11.6. The van der Waals surface area contributed by atoms with Gasteiger partial charge >= 0.3 is 5.97 Å². The molecule has 0 aromatic carbocycles. The van der Waals surface area contributed by atoms with Crippen molar-refractivity contribution in [2.75, 3.05) is 6.61 Å². The molecule has 2 atom stereocenters. The first-order chi connectivity index (χ1) is 13.1. The van der Waals surface area contributed by atoms with Crippen LogP contribution in [-0.2, 0) is 4.79 Å². The molecule has 0 heterocycles. The van der Waals surface area contributed by atoms with Gasteiger partial charge in [0.05, 0.1) is 0 Å². The van der Waals surface area contributed by atoms with Crippen LogP contribution in [0.5, 0.6) is 0 Å². The molecule has 0 amide bonds. The molecule has 2 N–H and O–H groups in total. The Morgan fingerprint density at radius 1 is 0.786 bits per heavy atom. The molecule has 0 bridgehead atoms. The minimum absolute atomic E-state index is 0.0972. The molecule has 28 heavy (non-hydrogen) atoms. The molecule has 170 valence electrons. The predicted octanol–water partition coefficient (Wildman–Crippen LogP) is 8.10. The van der Waals surface area contributed by atoms with Crippen molar-refractivity contribution in [3.05, 3.63) is 0 Å². The van der Waals surface area contributed by atoms with Crippen molar-refractivity contribution in [3.63, 3.8) is 0 Å². The number of aliphatic hydroxyl groups excluding tert-OH is 1. The quantitative estimate of drug-likeness (QED) is 0.157.